The number of nitrogens with two attached hydrogens (primary N) is 1. The highest BCUT2D eigenvalue weighted by Crippen LogP contribution is 2.21. The van der Waals surface area contributed by atoms with Gasteiger partial charge in [0.1, 0.15) is 0 Å². The highest BCUT2D eigenvalue weighted by molar-refractivity contribution is 5.86. The summed E-state index contributed by atoms with van der Waals surface area (Å²) in [7, 11) is 0. The third kappa shape index (κ3) is 1.24. The second-order valence-corrected chi connectivity index (χ2v) is 3.36. The summed E-state index contributed by atoms with van der Waals surface area (Å²) >= 11 is 0. The van der Waals surface area contributed by atoms with Crippen molar-refractivity contribution >= 4 is 16.6 Å². The van der Waals surface area contributed by atoms with E-state index in [-0.39, 0.29) is 0 Å². The van der Waals surface area contributed by atoms with E-state index in [1.54, 1.807) is 6.20 Å². The number of aromatic nitrogens is 1. The van der Waals surface area contributed by atoms with Gasteiger partial charge in [-0.2, -0.15) is 0 Å². The van der Waals surface area contributed by atoms with Gasteiger partial charge in [-0.1, -0.05) is 11.6 Å². The maximum atomic E-state index is 5.77. The van der Waals surface area contributed by atoms with Crippen LogP contribution in [0.4, 0.5) is 5.69 Å². The zero-order valence-electron chi connectivity index (χ0n) is 7.83. The number of hydrogen-bond acceptors (Lipinski definition) is 2. The number of nitrogen functional groups attached to an aromatic ring is 1. The molecule has 0 atom stereocenters. The number of pyridine rings is 1. The molecule has 0 aliphatic carbocycles. The first kappa shape index (κ1) is 8.05. The summed E-state index contributed by atoms with van der Waals surface area (Å²) in [6.07, 6.45) is 1.72. The molecule has 0 saturated heterocycles. The van der Waals surface area contributed by atoms with Gasteiger partial charge >= 0.3 is 0 Å². The molecule has 0 aliphatic rings. The summed E-state index contributed by atoms with van der Waals surface area (Å²) in [5.41, 5.74) is 9.91. The highest BCUT2D eigenvalue weighted by atomic mass is 14.7. The lowest BCUT2D eigenvalue weighted by Crippen LogP contribution is -1.92. The van der Waals surface area contributed by atoms with Crippen LogP contribution in [-0.2, 0) is 0 Å². The Balaban J connectivity index is 2.89. The summed E-state index contributed by atoms with van der Waals surface area (Å²) in [6.45, 7) is 4.10. The first-order valence-electron chi connectivity index (χ1n) is 4.30. The third-order valence-electron chi connectivity index (χ3n) is 2.33. The van der Waals surface area contributed by atoms with Crippen LogP contribution in [-0.4, -0.2) is 4.98 Å². The van der Waals surface area contributed by atoms with E-state index < -0.39 is 0 Å². The lowest BCUT2D eigenvalue weighted by molar-refractivity contribution is 1.36. The Morgan fingerprint density at radius 2 is 2.00 bits per heavy atom. The van der Waals surface area contributed by atoms with Crippen molar-refractivity contribution in [3.05, 3.63) is 35.5 Å². The second-order valence-electron chi connectivity index (χ2n) is 3.36. The number of fused-ring (bicyclic) bond motifs is 1. The summed E-state index contributed by atoms with van der Waals surface area (Å²) in [4.78, 5) is 4.26. The molecule has 1 aromatic carbocycles. The molecule has 0 radical (unpaired) electrons. The van der Waals surface area contributed by atoms with Crippen LogP contribution in [0, 0.1) is 13.8 Å². The van der Waals surface area contributed by atoms with Gasteiger partial charge in [0.05, 0.1) is 17.4 Å². The van der Waals surface area contributed by atoms with Crippen LogP contribution >= 0.6 is 0 Å². The topological polar surface area (TPSA) is 38.9 Å². The van der Waals surface area contributed by atoms with E-state index in [2.05, 4.69) is 24.0 Å². The molecule has 0 aliphatic heterocycles. The monoisotopic (exact) mass is 172 g/mol. The Hall–Kier alpha value is -1.57. The van der Waals surface area contributed by atoms with Crippen molar-refractivity contribution in [2.45, 2.75) is 13.8 Å². The normalized spacial score (nSPS) is 10.6. The molecule has 0 spiro atoms. The lowest BCUT2D eigenvalue weighted by Gasteiger charge is -2.04. The molecule has 2 rings (SSSR count). The summed E-state index contributed by atoms with van der Waals surface area (Å²) < 4.78 is 0. The predicted octanol–water partition coefficient (Wildman–Crippen LogP) is 2.43. The van der Waals surface area contributed by atoms with E-state index in [0.29, 0.717) is 0 Å². The molecule has 2 nitrogen and oxygen atoms in total. The van der Waals surface area contributed by atoms with Crippen LogP contribution in [0.15, 0.2) is 24.4 Å². The van der Waals surface area contributed by atoms with Crippen molar-refractivity contribution in [2.75, 3.05) is 5.73 Å². The summed E-state index contributed by atoms with van der Waals surface area (Å²) in [6, 6.07) is 6.20. The number of aryl methyl sites for hydroxylation is 2. The number of hydrogen-bond donors (Lipinski definition) is 1. The predicted molar refractivity (Wildman–Crippen MR) is 55.6 cm³/mol. The van der Waals surface area contributed by atoms with Crippen LogP contribution in [0.1, 0.15) is 11.1 Å². The Bertz CT molecular complexity index is 456. The van der Waals surface area contributed by atoms with Gasteiger partial charge in [-0.15, -0.1) is 0 Å². The van der Waals surface area contributed by atoms with Gasteiger partial charge in [0.15, 0.2) is 0 Å². The van der Waals surface area contributed by atoms with Crippen LogP contribution in [0.3, 0.4) is 0 Å². The molecule has 1 heterocycles. The van der Waals surface area contributed by atoms with Gasteiger partial charge in [-0.3, -0.25) is 4.98 Å². The molecule has 66 valence electrons. The number of benzene rings is 1. The van der Waals surface area contributed by atoms with Crippen LogP contribution < -0.4 is 5.73 Å². The summed E-state index contributed by atoms with van der Waals surface area (Å²) in [5, 5.41) is 1.15. The van der Waals surface area contributed by atoms with Crippen molar-refractivity contribution in [2.24, 2.45) is 0 Å². The fraction of sp³-hybridized carbons (Fsp3) is 0.182. The maximum Gasteiger partial charge on any atom is 0.0706 e. The van der Waals surface area contributed by atoms with Crippen molar-refractivity contribution in [1.82, 2.24) is 4.98 Å². The van der Waals surface area contributed by atoms with Gasteiger partial charge < -0.3 is 5.73 Å². The number of rotatable bonds is 0. The van der Waals surface area contributed by atoms with Gasteiger partial charge in [-0.25, -0.2) is 0 Å². The van der Waals surface area contributed by atoms with E-state index in [4.69, 9.17) is 5.73 Å². The van der Waals surface area contributed by atoms with E-state index in [1.165, 1.54) is 5.56 Å². The van der Waals surface area contributed by atoms with E-state index in [9.17, 15) is 0 Å². The zero-order valence-corrected chi connectivity index (χ0v) is 7.83. The van der Waals surface area contributed by atoms with Crippen LogP contribution in [0.5, 0.6) is 0 Å². The largest absolute Gasteiger partial charge is 0.397 e. The molecule has 1 aromatic heterocycles. The zero-order chi connectivity index (χ0) is 9.42. The van der Waals surface area contributed by atoms with Crippen molar-refractivity contribution in [3.8, 4) is 0 Å². The van der Waals surface area contributed by atoms with E-state index in [1.807, 2.05) is 13.0 Å². The molecule has 0 amide bonds. The third-order valence-corrected chi connectivity index (χ3v) is 2.33. The lowest BCUT2D eigenvalue weighted by atomic mass is 10.1. The number of anilines is 1. The molecule has 2 heteroatoms. The maximum absolute atomic E-state index is 5.77. The van der Waals surface area contributed by atoms with Crippen LogP contribution in [0.2, 0.25) is 0 Å². The van der Waals surface area contributed by atoms with Gasteiger partial charge in [0.2, 0.25) is 0 Å². The van der Waals surface area contributed by atoms with Crippen molar-refractivity contribution in [1.29, 1.82) is 0 Å². The smallest absolute Gasteiger partial charge is 0.0706 e. The fourth-order valence-corrected chi connectivity index (χ4v) is 1.45. The Morgan fingerprint density at radius 1 is 1.23 bits per heavy atom. The van der Waals surface area contributed by atoms with E-state index >= 15 is 0 Å². The molecule has 0 fully saturated rings. The molecule has 2 N–H and O–H groups in total. The summed E-state index contributed by atoms with van der Waals surface area (Å²) in [5.74, 6) is 0. The molecular weight excluding hydrogens is 160 g/mol. The molecule has 2 aromatic rings. The average Bonchev–Trinajstić information content (AvgIpc) is 2.12. The minimum Gasteiger partial charge on any atom is -0.397 e. The minimum atomic E-state index is 0.762. The first-order chi connectivity index (χ1) is 6.18. The molecule has 0 saturated carbocycles. The molecular formula is C11H12N2. The molecule has 0 bridgehead atoms. The van der Waals surface area contributed by atoms with E-state index in [0.717, 1.165) is 22.2 Å². The van der Waals surface area contributed by atoms with Crippen molar-refractivity contribution < 1.29 is 0 Å². The Kier molecular flexibility index (Phi) is 1.69. The quantitative estimate of drug-likeness (QED) is 0.662. The molecule has 0 unspecified atom stereocenters. The first-order valence-corrected chi connectivity index (χ1v) is 4.30. The van der Waals surface area contributed by atoms with Crippen LogP contribution in [0.25, 0.3) is 10.9 Å². The van der Waals surface area contributed by atoms with Gasteiger partial charge in [0, 0.05) is 5.39 Å². The Morgan fingerprint density at radius 3 is 2.77 bits per heavy atom. The fourth-order valence-electron chi connectivity index (χ4n) is 1.45. The van der Waals surface area contributed by atoms with Gasteiger partial charge in [-0.05, 0) is 31.5 Å². The average molecular weight is 172 g/mol. The standard InChI is InChI=1S/C11H12N2/c1-7-3-4-11-9(5-7)8(2)10(12)6-13-11/h3-6H,12H2,1-2H3. The van der Waals surface area contributed by atoms with Gasteiger partial charge in [0.25, 0.3) is 0 Å². The highest BCUT2D eigenvalue weighted by Gasteiger charge is 2.01. The Labute approximate surface area is 77.4 Å². The molecule has 13 heavy (non-hydrogen) atoms. The SMILES string of the molecule is Cc1ccc2ncc(N)c(C)c2c1. The minimum absolute atomic E-state index is 0.762. The number of nitrogens with zero attached hydrogens (tertiary/aromatic N) is 1. The second kappa shape index (κ2) is 2.73. The van der Waals surface area contributed by atoms with Crippen molar-refractivity contribution in [3.63, 3.8) is 0 Å².